The van der Waals surface area contributed by atoms with Crippen LogP contribution in [0.1, 0.15) is 22.3 Å². The molecular formula is C18H22N2O2. The van der Waals surface area contributed by atoms with Crippen LogP contribution in [0.15, 0.2) is 36.4 Å². The van der Waals surface area contributed by atoms with Crippen molar-refractivity contribution < 1.29 is 9.90 Å². The van der Waals surface area contributed by atoms with Crippen molar-refractivity contribution in [3.8, 4) is 0 Å². The van der Waals surface area contributed by atoms with Gasteiger partial charge in [0.05, 0.1) is 0 Å². The lowest BCUT2D eigenvalue weighted by molar-refractivity contribution is -0.118. The van der Waals surface area contributed by atoms with Gasteiger partial charge < -0.3 is 15.7 Å². The van der Waals surface area contributed by atoms with Gasteiger partial charge in [-0.3, -0.25) is 4.79 Å². The van der Waals surface area contributed by atoms with Crippen molar-refractivity contribution in [2.45, 2.75) is 27.3 Å². The first-order valence-electron chi connectivity index (χ1n) is 7.31. The molecule has 4 nitrogen and oxygen atoms in total. The Bertz CT molecular complexity index is 658. The number of carbonyl (C=O) groups is 1. The molecule has 0 unspecified atom stereocenters. The van der Waals surface area contributed by atoms with Gasteiger partial charge in [-0.2, -0.15) is 0 Å². The lowest BCUT2D eigenvalue weighted by Gasteiger charge is -2.14. The number of aliphatic hydroxyl groups is 1. The van der Waals surface area contributed by atoms with Crippen LogP contribution in [0.4, 0.5) is 11.4 Å². The number of amides is 1. The van der Waals surface area contributed by atoms with Crippen molar-refractivity contribution in [3.63, 3.8) is 0 Å². The van der Waals surface area contributed by atoms with E-state index in [2.05, 4.69) is 43.5 Å². The van der Waals surface area contributed by atoms with Gasteiger partial charge in [0, 0.05) is 17.9 Å². The molecule has 0 radical (unpaired) electrons. The standard InChI is InChI=1S/C18H22N2O2/c1-12-7-13(2)17(14(3)8-12)10-19-15-5-4-6-16(9-15)20-18(22)11-21/h4-9,19,21H,10-11H2,1-3H3,(H,20,22). The monoisotopic (exact) mass is 298 g/mol. The van der Waals surface area contributed by atoms with Gasteiger partial charge in [0.2, 0.25) is 5.91 Å². The van der Waals surface area contributed by atoms with E-state index in [4.69, 9.17) is 5.11 Å². The van der Waals surface area contributed by atoms with Crippen LogP contribution in [-0.4, -0.2) is 17.6 Å². The van der Waals surface area contributed by atoms with Crippen LogP contribution in [0.2, 0.25) is 0 Å². The molecule has 0 fully saturated rings. The summed E-state index contributed by atoms with van der Waals surface area (Å²) >= 11 is 0. The zero-order chi connectivity index (χ0) is 16.1. The molecule has 0 aromatic heterocycles. The van der Waals surface area contributed by atoms with Gasteiger partial charge in [-0.1, -0.05) is 23.8 Å². The molecule has 0 heterocycles. The van der Waals surface area contributed by atoms with Gasteiger partial charge >= 0.3 is 0 Å². The van der Waals surface area contributed by atoms with Gasteiger partial charge in [0.15, 0.2) is 0 Å². The molecule has 0 aliphatic rings. The van der Waals surface area contributed by atoms with Crippen LogP contribution < -0.4 is 10.6 Å². The number of aryl methyl sites for hydroxylation is 3. The topological polar surface area (TPSA) is 61.4 Å². The quantitative estimate of drug-likeness (QED) is 0.794. The van der Waals surface area contributed by atoms with E-state index in [1.165, 1.54) is 22.3 Å². The lowest BCUT2D eigenvalue weighted by atomic mass is 10.00. The SMILES string of the molecule is Cc1cc(C)c(CNc2cccc(NC(=O)CO)c2)c(C)c1. The van der Waals surface area contributed by atoms with Crippen LogP contribution in [0.25, 0.3) is 0 Å². The van der Waals surface area contributed by atoms with E-state index in [1.807, 2.05) is 18.2 Å². The number of hydrogen-bond acceptors (Lipinski definition) is 3. The Labute approximate surface area is 131 Å². The fourth-order valence-electron chi connectivity index (χ4n) is 2.59. The summed E-state index contributed by atoms with van der Waals surface area (Å²) in [5.74, 6) is -0.414. The third-order valence-electron chi connectivity index (χ3n) is 3.60. The molecule has 4 heteroatoms. The molecule has 3 N–H and O–H groups in total. The highest BCUT2D eigenvalue weighted by Crippen LogP contribution is 2.20. The molecule has 0 aliphatic heterocycles. The van der Waals surface area contributed by atoms with Gasteiger partial charge in [0.25, 0.3) is 0 Å². The summed E-state index contributed by atoms with van der Waals surface area (Å²) in [6, 6.07) is 11.8. The maximum absolute atomic E-state index is 11.2. The summed E-state index contributed by atoms with van der Waals surface area (Å²) in [5, 5.41) is 14.8. The number of aliphatic hydroxyl groups excluding tert-OH is 1. The Morgan fingerprint density at radius 2 is 1.68 bits per heavy atom. The third kappa shape index (κ3) is 4.09. The van der Waals surface area contributed by atoms with Gasteiger partial charge in [-0.25, -0.2) is 0 Å². The highest BCUT2D eigenvalue weighted by atomic mass is 16.3. The maximum atomic E-state index is 11.2. The van der Waals surface area contributed by atoms with Crippen molar-refractivity contribution in [1.82, 2.24) is 0 Å². The van der Waals surface area contributed by atoms with E-state index in [-0.39, 0.29) is 0 Å². The summed E-state index contributed by atoms with van der Waals surface area (Å²) in [4.78, 5) is 11.2. The van der Waals surface area contributed by atoms with Gasteiger partial charge in [0.1, 0.15) is 6.61 Å². The highest BCUT2D eigenvalue weighted by Gasteiger charge is 2.05. The minimum Gasteiger partial charge on any atom is -0.387 e. The second-order valence-electron chi connectivity index (χ2n) is 5.52. The fraction of sp³-hybridized carbons (Fsp3) is 0.278. The number of nitrogens with one attached hydrogen (secondary N) is 2. The molecule has 0 bridgehead atoms. The van der Waals surface area contributed by atoms with Crippen LogP contribution in [0.3, 0.4) is 0 Å². The predicted octanol–water partition coefficient (Wildman–Crippen LogP) is 3.15. The zero-order valence-electron chi connectivity index (χ0n) is 13.2. The van der Waals surface area contributed by atoms with E-state index in [9.17, 15) is 4.79 Å². The molecule has 0 spiro atoms. The largest absolute Gasteiger partial charge is 0.387 e. The second kappa shape index (κ2) is 7.09. The summed E-state index contributed by atoms with van der Waals surface area (Å²) in [6.45, 7) is 6.56. The molecule has 0 saturated carbocycles. The maximum Gasteiger partial charge on any atom is 0.250 e. The van der Waals surface area contributed by atoms with E-state index in [1.54, 1.807) is 6.07 Å². The van der Waals surface area contributed by atoms with Crippen LogP contribution >= 0.6 is 0 Å². The van der Waals surface area contributed by atoms with Crippen LogP contribution in [0, 0.1) is 20.8 Å². The lowest BCUT2D eigenvalue weighted by Crippen LogP contribution is -2.15. The minimum atomic E-state index is -0.514. The van der Waals surface area contributed by atoms with Gasteiger partial charge in [-0.15, -0.1) is 0 Å². The van der Waals surface area contributed by atoms with Crippen LogP contribution in [0.5, 0.6) is 0 Å². The molecule has 2 aromatic carbocycles. The molecule has 0 aliphatic carbocycles. The van der Waals surface area contributed by atoms with Gasteiger partial charge in [-0.05, 0) is 55.7 Å². The Kier molecular flexibility index (Phi) is 5.17. The molecule has 0 saturated heterocycles. The molecule has 2 aromatic rings. The minimum absolute atomic E-state index is 0.414. The first kappa shape index (κ1) is 16.0. The van der Waals surface area contributed by atoms with E-state index >= 15 is 0 Å². The van der Waals surface area contributed by atoms with Crippen LogP contribution in [-0.2, 0) is 11.3 Å². The number of hydrogen-bond donors (Lipinski definition) is 3. The summed E-state index contributed by atoms with van der Waals surface area (Å²) in [5.41, 5.74) is 6.70. The number of rotatable bonds is 5. The second-order valence-corrected chi connectivity index (χ2v) is 5.52. The molecule has 116 valence electrons. The fourth-order valence-corrected chi connectivity index (χ4v) is 2.59. The highest BCUT2D eigenvalue weighted by molar-refractivity contribution is 5.91. The van der Waals surface area contributed by atoms with E-state index in [0.29, 0.717) is 5.69 Å². The smallest absolute Gasteiger partial charge is 0.250 e. The third-order valence-corrected chi connectivity index (χ3v) is 3.60. The molecule has 0 atom stereocenters. The summed E-state index contributed by atoms with van der Waals surface area (Å²) in [6.07, 6.45) is 0. The average molecular weight is 298 g/mol. The molecule has 2 rings (SSSR count). The normalized spacial score (nSPS) is 10.4. The predicted molar refractivity (Wildman–Crippen MR) is 90.1 cm³/mol. The van der Waals surface area contributed by atoms with E-state index in [0.717, 1.165) is 12.2 Å². The van der Waals surface area contributed by atoms with Crippen molar-refractivity contribution in [2.24, 2.45) is 0 Å². The van der Waals surface area contributed by atoms with Crippen molar-refractivity contribution in [3.05, 3.63) is 58.7 Å². The molecule has 1 amide bonds. The van der Waals surface area contributed by atoms with E-state index < -0.39 is 12.5 Å². The first-order valence-corrected chi connectivity index (χ1v) is 7.31. The van der Waals surface area contributed by atoms with Crippen molar-refractivity contribution >= 4 is 17.3 Å². The number of anilines is 2. The Morgan fingerprint density at radius 3 is 2.32 bits per heavy atom. The Morgan fingerprint density at radius 1 is 1.05 bits per heavy atom. The number of carbonyl (C=O) groups excluding carboxylic acids is 1. The Hall–Kier alpha value is -2.33. The first-order chi connectivity index (χ1) is 10.5. The van der Waals surface area contributed by atoms with Crippen molar-refractivity contribution in [1.29, 1.82) is 0 Å². The average Bonchev–Trinajstić information content (AvgIpc) is 2.46. The van der Waals surface area contributed by atoms with Crippen molar-refractivity contribution in [2.75, 3.05) is 17.2 Å². The summed E-state index contributed by atoms with van der Waals surface area (Å²) < 4.78 is 0. The molecule has 22 heavy (non-hydrogen) atoms. The zero-order valence-corrected chi connectivity index (χ0v) is 13.2. The molecular weight excluding hydrogens is 276 g/mol. The number of benzene rings is 2. The summed E-state index contributed by atoms with van der Waals surface area (Å²) in [7, 11) is 0. The Balaban J connectivity index is 2.09.